The second-order valence-corrected chi connectivity index (χ2v) is 6.48. The van der Waals surface area contributed by atoms with Crippen molar-refractivity contribution >= 4 is 11.6 Å². The number of rotatable bonds is 6. The summed E-state index contributed by atoms with van der Waals surface area (Å²) >= 11 is 6.19. The number of halogens is 1. The summed E-state index contributed by atoms with van der Waals surface area (Å²) in [5.41, 5.74) is 1.02. The largest absolute Gasteiger partial charge is 0.424 e. The summed E-state index contributed by atoms with van der Waals surface area (Å²) in [5, 5.41) is 19.1. The summed E-state index contributed by atoms with van der Waals surface area (Å²) in [6.45, 7) is 7.27. The number of hydrogen-bond donors (Lipinski definition) is 1. The van der Waals surface area contributed by atoms with E-state index in [1.807, 2.05) is 6.07 Å². The average Bonchev–Trinajstić information content (AvgIpc) is 3.13. The van der Waals surface area contributed by atoms with Gasteiger partial charge in [0, 0.05) is 39.0 Å². The molecule has 130 valence electrons. The van der Waals surface area contributed by atoms with Gasteiger partial charge in [-0.1, -0.05) is 18.5 Å². The SMILES string of the molecule is CCN(Cc1nnc(C)o1)[C@@H]1CN(Cc2ccncc2Cl)C[C@H]1O. The molecule has 1 saturated heterocycles. The highest BCUT2D eigenvalue weighted by Crippen LogP contribution is 2.22. The van der Waals surface area contributed by atoms with Crippen molar-refractivity contribution in [2.75, 3.05) is 19.6 Å². The molecule has 0 amide bonds. The van der Waals surface area contributed by atoms with Gasteiger partial charge in [0.2, 0.25) is 11.8 Å². The van der Waals surface area contributed by atoms with Crippen LogP contribution in [-0.2, 0) is 13.1 Å². The normalized spacial score (nSPS) is 21.7. The summed E-state index contributed by atoms with van der Waals surface area (Å²) < 4.78 is 5.47. The molecule has 24 heavy (non-hydrogen) atoms. The number of likely N-dealkylation sites (tertiary alicyclic amines) is 1. The number of aliphatic hydroxyl groups is 1. The Balaban J connectivity index is 1.64. The van der Waals surface area contributed by atoms with E-state index in [-0.39, 0.29) is 6.04 Å². The molecule has 3 heterocycles. The standard InChI is InChI=1S/C16H22ClN5O2/c1-3-22(10-16-20-19-11(2)24-16)14-8-21(9-15(14)23)7-12-4-5-18-6-13(12)17/h4-6,14-15,23H,3,7-10H2,1-2H3/t14-,15-/m1/s1. The predicted octanol–water partition coefficient (Wildman–Crippen LogP) is 1.49. The summed E-state index contributed by atoms with van der Waals surface area (Å²) in [4.78, 5) is 8.39. The molecule has 1 aliphatic rings. The molecule has 0 bridgehead atoms. The van der Waals surface area contributed by atoms with Crippen molar-refractivity contribution in [3.63, 3.8) is 0 Å². The molecule has 1 N–H and O–H groups in total. The first-order valence-corrected chi connectivity index (χ1v) is 8.46. The van der Waals surface area contributed by atoms with Crippen LogP contribution in [0.15, 0.2) is 22.9 Å². The summed E-state index contributed by atoms with van der Waals surface area (Å²) in [7, 11) is 0. The van der Waals surface area contributed by atoms with Gasteiger partial charge in [-0.15, -0.1) is 10.2 Å². The maximum absolute atomic E-state index is 10.5. The molecule has 1 aliphatic heterocycles. The highest BCUT2D eigenvalue weighted by atomic mass is 35.5. The van der Waals surface area contributed by atoms with E-state index < -0.39 is 6.10 Å². The fourth-order valence-corrected chi connectivity index (χ4v) is 3.33. The molecule has 0 saturated carbocycles. The monoisotopic (exact) mass is 351 g/mol. The number of pyridine rings is 1. The first-order valence-electron chi connectivity index (χ1n) is 8.08. The molecule has 1 fully saturated rings. The number of hydrogen-bond acceptors (Lipinski definition) is 7. The van der Waals surface area contributed by atoms with E-state index in [1.165, 1.54) is 0 Å². The Labute approximate surface area is 146 Å². The highest BCUT2D eigenvalue weighted by Gasteiger charge is 2.35. The Bertz CT molecular complexity index is 680. The maximum atomic E-state index is 10.5. The first kappa shape index (κ1) is 17.3. The molecule has 2 aromatic heterocycles. The van der Waals surface area contributed by atoms with Crippen LogP contribution in [0.25, 0.3) is 0 Å². The third-order valence-corrected chi connectivity index (χ3v) is 4.71. The second kappa shape index (κ2) is 7.57. The van der Waals surface area contributed by atoms with Gasteiger partial charge in [-0.3, -0.25) is 14.8 Å². The van der Waals surface area contributed by atoms with Crippen LogP contribution in [0, 0.1) is 6.92 Å². The number of aromatic nitrogens is 3. The van der Waals surface area contributed by atoms with E-state index in [1.54, 1.807) is 19.3 Å². The average molecular weight is 352 g/mol. The molecule has 0 radical (unpaired) electrons. The van der Waals surface area contributed by atoms with Crippen molar-refractivity contribution < 1.29 is 9.52 Å². The fourth-order valence-electron chi connectivity index (χ4n) is 3.15. The molecule has 2 atom stereocenters. The number of likely N-dealkylation sites (N-methyl/N-ethyl adjacent to an activating group) is 1. The van der Waals surface area contributed by atoms with Crippen molar-refractivity contribution in [2.24, 2.45) is 0 Å². The summed E-state index contributed by atoms with van der Waals surface area (Å²) in [5.74, 6) is 1.14. The van der Waals surface area contributed by atoms with Crippen LogP contribution in [0.1, 0.15) is 24.3 Å². The van der Waals surface area contributed by atoms with E-state index in [0.29, 0.717) is 36.4 Å². The lowest BCUT2D eigenvalue weighted by atomic mass is 10.2. The van der Waals surface area contributed by atoms with Gasteiger partial charge in [-0.25, -0.2) is 0 Å². The van der Waals surface area contributed by atoms with Crippen LogP contribution >= 0.6 is 11.6 Å². The van der Waals surface area contributed by atoms with Crippen molar-refractivity contribution in [3.05, 3.63) is 40.8 Å². The zero-order chi connectivity index (χ0) is 17.1. The van der Waals surface area contributed by atoms with Gasteiger partial charge in [0.1, 0.15) is 0 Å². The summed E-state index contributed by atoms with van der Waals surface area (Å²) in [6, 6.07) is 1.95. The van der Waals surface area contributed by atoms with Gasteiger partial charge < -0.3 is 9.52 Å². The van der Waals surface area contributed by atoms with E-state index in [4.69, 9.17) is 16.0 Å². The molecule has 0 unspecified atom stereocenters. The van der Waals surface area contributed by atoms with Crippen LogP contribution in [0.2, 0.25) is 5.02 Å². The van der Waals surface area contributed by atoms with Gasteiger partial charge >= 0.3 is 0 Å². The molecule has 0 aliphatic carbocycles. The lowest BCUT2D eigenvalue weighted by Gasteiger charge is -2.28. The molecule has 0 aromatic carbocycles. The smallest absolute Gasteiger partial charge is 0.230 e. The van der Waals surface area contributed by atoms with Crippen molar-refractivity contribution in [1.29, 1.82) is 0 Å². The Kier molecular flexibility index (Phi) is 5.45. The van der Waals surface area contributed by atoms with E-state index in [0.717, 1.165) is 18.7 Å². The van der Waals surface area contributed by atoms with Gasteiger partial charge in [0.05, 0.1) is 23.7 Å². The van der Waals surface area contributed by atoms with Crippen LogP contribution in [0.3, 0.4) is 0 Å². The lowest BCUT2D eigenvalue weighted by molar-refractivity contribution is 0.0760. The molecule has 7 nitrogen and oxygen atoms in total. The van der Waals surface area contributed by atoms with Gasteiger partial charge in [-0.05, 0) is 18.2 Å². The third-order valence-electron chi connectivity index (χ3n) is 4.37. The van der Waals surface area contributed by atoms with Crippen LogP contribution in [-0.4, -0.2) is 61.9 Å². The third kappa shape index (κ3) is 3.92. The van der Waals surface area contributed by atoms with Crippen molar-refractivity contribution in [2.45, 2.75) is 39.1 Å². The Morgan fingerprint density at radius 2 is 2.25 bits per heavy atom. The highest BCUT2D eigenvalue weighted by molar-refractivity contribution is 6.31. The number of β-amino-alcohol motifs (C(OH)–C–C–N with tert-alkyl or cyclic N) is 1. The van der Waals surface area contributed by atoms with Crippen molar-refractivity contribution in [1.82, 2.24) is 25.0 Å². The Morgan fingerprint density at radius 1 is 1.42 bits per heavy atom. The molecule has 3 rings (SSSR count). The van der Waals surface area contributed by atoms with Crippen molar-refractivity contribution in [3.8, 4) is 0 Å². The number of aryl methyl sites for hydroxylation is 1. The second-order valence-electron chi connectivity index (χ2n) is 6.07. The van der Waals surface area contributed by atoms with Crippen LogP contribution < -0.4 is 0 Å². The fraction of sp³-hybridized carbons (Fsp3) is 0.562. The van der Waals surface area contributed by atoms with E-state index in [2.05, 4.69) is 31.9 Å². The molecule has 8 heteroatoms. The maximum Gasteiger partial charge on any atom is 0.230 e. The number of nitrogens with zero attached hydrogens (tertiary/aromatic N) is 5. The Hall–Kier alpha value is -1.54. The molecular weight excluding hydrogens is 330 g/mol. The molecule has 2 aromatic rings. The van der Waals surface area contributed by atoms with E-state index in [9.17, 15) is 5.11 Å². The van der Waals surface area contributed by atoms with E-state index >= 15 is 0 Å². The van der Waals surface area contributed by atoms with Crippen LogP contribution in [0.4, 0.5) is 0 Å². The van der Waals surface area contributed by atoms with Crippen LogP contribution in [0.5, 0.6) is 0 Å². The zero-order valence-corrected chi connectivity index (χ0v) is 14.6. The van der Waals surface area contributed by atoms with Gasteiger partial charge in [-0.2, -0.15) is 0 Å². The minimum absolute atomic E-state index is 0.0304. The summed E-state index contributed by atoms with van der Waals surface area (Å²) in [6.07, 6.45) is 2.97. The van der Waals surface area contributed by atoms with Gasteiger partial charge in [0.15, 0.2) is 0 Å². The topological polar surface area (TPSA) is 78.5 Å². The first-order chi connectivity index (χ1) is 11.6. The minimum atomic E-state index is -0.422. The Morgan fingerprint density at radius 3 is 2.92 bits per heavy atom. The lowest BCUT2D eigenvalue weighted by Crippen LogP contribution is -2.42. The molecule has 0 spiro atoms. The zero-order valence-electron chi connectivity index (χ0n) is 13.9. The minimum Gasteiger partial charge on any atom is -0.424 e. The molecular formula is C16H22ClN5O2. The quantitative estimate of drug-likeness (QED) is 0.844. The number of aliphatic hydroxyl groups excluding tert-OH is 1. The predicted molar refractivity (Wildman–Crippen MR) is 89.4 cm³/mol. The van der Waals surface area contributed by atoms with Gasteiger partial charge in [0.25, 0.3) is 0 Å².